The van der Waals surface area contributed by atoms with E-state index in [2.05, 4.69) is 10.3 Å². The smallest absolute Gasteiger partial charge is 0.267 e. The summed E-state index contributed by atoms with van der Waals surface area (Å²) in [7, 11) is 0. The molecule has 0 radical (unpaired) electrons. The SMILES string of the molecule is CC(C)CC(O)CNC(=O)c1cc2cc(N)ccc2[nH]1. The zero-order chi connectivity index (χ0) is 14.7. The van der Waals surface area contributed by atoms with Crippen molar-refractivity contribution < 1.29 is 9.90 Å². The number of aliphatic hydroxyl groups is 1. The molecule has 5 N–H and O–H groups in total. The number of amides is 1. The highest BCUT2D eigenvalue weighted by Crippen LogP contribution is 2.18. The van der Waals surface area contributed by atoms with E-state index in [-0.39, 0.29) is 12.5 Å². The van der Waals surface area contributed by atoms with E-state index in [1.807, 2.05) is 26.0 Å². The first-order valence-corrected chi connectivity index (χ1v) is 6.80. The van der Waals surface area contributed by atoms with Crippen molar-refractivity contribution in [1.82, 2.24) is 10.3 Å². The number of aliphatic hydroxyl groups excluding tert-OH is 1. The molecule has 0 aliphatic carbocycles. The van der Waals surface area contributed by atoms with Crippen molar-refractivity contribution in [1.29, 1.82) is 0 Å². The highest BCUT2D eigenvalue weighted by Gasteiger charge is 2.12. The highest BCUT2D eigenvalue weighted by molar-refractivity contribution is 5.98. The molecular weight excluding hydrogens is 254 g/mol. The van der Waals surface area contributed by atoms with Crippen LogP contribution >= 0.6 is 0 Å². The Balaban J connectivity index is 2.00. The molecule has 2 aromatic rings. The summed E-state index contributed by atoms with van der Waals surface area (Å²) in [5, 5.41) is 13.4. The predicted molar refractivity (Wildman–Crippen MR) is 80.5 cm³/mol. The summed E-state index contributed by atoms with van der Waals surface area (Å²) in [6.45, 7) is 4.33. The van der Waals surface area contributed by atoms with Crippen LogP contribution in [-0.2, 0) is 0 Å². The Hall–Kier alpha value is -2.01. The van der Waals surface area contributed by atoms with Crippen molar-refractivity contribution in [3.8, 4) is 0 Å². The van der Waals surface area contributed by atoms with Crippen molar-refractivity contribution in [2.75, 3.05) is 12.3 Å². The Morgan fingerprint density at radius 3 is 2.85 bits per heavy atom. The van der Waals surface area contributed by atoms with Gasteiger partial charge in [-0.2, -0.15) is 0 Å². The number of H-pyrrole nitrogens is 1. The number of rotatable bonds is 5. The molecule has 1 heterocycles. The van der Waals surface area contributed by atoms with E-state index in [1.165, 1.54) is 0 Å². The molecule has 20 heavy (non-hydrogen) atoms. The maximum atomic E-state index is 12.0. The number of hydrogen-bond acceptors (Lipinski definition) is 3. The number of anilines is 1. The molecule has 1 amide bonds. The summed E-state index contributed by atoms with van der Waals surface area (Å²) < 4.78 is 0. The van der Waals surface area contributed by atoms with Gasteiger partial charge in [-0.05, 0) is 36.6 Å². The Kier molecular flexibility index (Phi) is 4.29. The van der Waals surface area contributed by atoms with Crippen LogP contribution in [0.5, 0.6) is 0 Å². The van der Waals surface area contributed by atoms with Crippen molar-refractivity contribution >= 4 is 22.5 Å². The van der Waals surface area contributed by atoms with Gasteiger partial charge in [-0.1, -0.05) is 13.8 Å². The van der Waals surface area contributed by atoms with Gasteiger partial charge in [0.15, 0.2) is 0 Å². The summed E-state index contributed by atoms with van der Waals surface area (Å²) in [5.41, 5.74) is 7.71. The molecule has 0 bridgehead atoms. The molecule has 108 valence electrons. The third-order valence-corrected chi connectivity index (χ3v) is 3.13. The van der Waals surface area contributed by atoms with E-state index in [9.17, 15) is 9.90 Å². The van der Waals surface area contributed by atoms with E-state index in [1.54, 1.807) is 12.1 Å². The summed E-state index contributed by atoms with van der Waals surface area (Å²) in [6.07, 6.45) is 0.155. The van der Waals surface area contributed by atoms with Crippen molar-refractivity contribution in [3.63, 3.8) is 0 Å². The Morgan fingerprint density at radius 2 is 2.15 bits per heavy atom. The van der Waals surface area contributed by atoms with Gasteiger partial charge in [-0.15, -0.1) is 0 Å². The summed E-state index contributed by atoms with van der Waals surface area (Å²) >= 11 is 0. The Morgan fingerprint density at radius 1 is 1.40 bits per heavy atom. The first kappa shape index (κ1) is 14.4. The van der Waals surface area contributed by atoms with Crippen LogP contribution in [0.3, 0.4) is 0 Å². The Bertz CT molecular complexity index is 604. The number of hydrogen-bond donors (Lipinski definition) is 4. The van der Waals surface area contributed by atoms with Gasteiger partial charge < -0.3 is 21.1 Å². The molecule has 1 aromatic carbocycles. The largest absolute Gasteiger partial charge is 0.399 e. The minimum Gasteiger partial charge on any atom is -0.399 e. The Labute approximate surface area is 118 Å². The third-order valence-electron chi connectivity index (χ3n) is 3.13. The lowest BCUT2D eigenvalue weighted by Crippen LogP contribution is -2.32. The van der Waals surface area contributed by atoms with Crippen molar-refractivity contribution in [2.45, 2.75) is 26.4 Å². The van der Waals surface area contributed by atoms with Crippen LogP contribution in [0.2, 0.25) is 0 Å². The first-order valence-electron chi connectivity index (χ1n) is 6.80. The fourth-order valence-electron chi connectivity index (χ4n) is 2.21. The van der Waals surface area contributed by atoms with Gasteiger partial charge in [-0.25, -0.2) is 0 Å². The number of nitrogens with one attached hydrogen (secondary N) is 2. The average Bonchev–Trinajstić information content (AvgIpc) is 2.78. The normalized spacial score (nSPS) is 12.8. The maximum Gasteiger partial charge on any atom is 0.267 e. The lowest BCUT2D eigenvalue weighted by Gasteiger charge is -2.13. The number of carbonyl (C=O) groups is 1. The molecular formula is C15H21N3O2. The minimum absolute atomic E-state index is 0.220. The molecule has 5 nitrogen and oxygen atoms in total. The molecule has 5 heteroatoms. The molecule has 1 unspecified atom stereocenters. The van der Waals surface area contributed by atoms with Crippen LogP contribution < -0.4 is 11.1 Å². The van der Waals surface area contributed by atoms with E-state index in [0.29, 0.717) is 23.7 Å². The van der Waals surface area contributed by atoms with E-state index >= 15 is 0 Å². The van der Waals surface area contributed by atoms with Gasteiger partial charge in [0, 0.05) is 23.1 Å². The number of aromatic amines is 1. The molecule has 1 aromatic heterocycles. The van der Waals surface area contributed by atoms with Gasteiger partial charge in [0.25, 0.3) is 5.91 Å². The molecule has 0 aliphatic rings. The fourth-order valence-corrected chi connectivity index (χ4v) is 2.21. The van der Waals surface area contributed by atoms with Crippen LogP contribution in [0.15, 0.2) is 24.3 Å². The molecule has 0 saturated carbocycles. The van der Waals surface area contributed by atoms with Crippen LogP contribution in [0, 0.1) is 5.92 Å². The second-order valence-corrected chi connectivity index (χ2v) is 5.52. The van der Waals surface area contributed by atoms with Crippen molar-refractivity contribution in [3.05, 3.63) is 30.0 Å². The average molecular weight is 275 g/mol. The number of aromatic nitrogens is 1. The number of benzene rings is 1. The maximum absolute atomic E-state index is 12.0. The van der Waals surface area contributed by atoms with Crippen molar-refractivity contribution in [2.24, 2.45) is 5.92 Å². The number of nitrogen functional groups attached to an aromatic ring is 1. The minimum atomic E-state index is -0.515. The fraction of sp³-hybridized carbons (Fsp3) is 0.400. The molecule has 0 saturated heterocycles. The first-order chi connectivity index (χ1) is 9.45. The summed E-state index contributed by atoms with van der Waals surface area (Å²) in [6, 6.07) is 7.20. The van der Waals surface area contributed by atoms with Crippen LogP contribution in [0.25, 0.3) is 10.9 Å². The second kappa shape index (κ2) is 5.96. The summed E-state index contributed by atoms with van der Waals surface area (Å²) in [4.78, 5) is 15.0. The molecule has 0 fully saturated rings. The van der Waals surface area contributed by atoms with E-state index < -0.39 is 6.10 Å². The molecule has 0 spiro atoms. The topological polar surface area (TPSA) is 91.1 Å². The lowest BCUT2D eigenvalue weighted by molar-refractivity contribution is 0.0896. The van der Waals surface area contributed by atoms with Gasteiger partial charge in [0.2, 0.25) is 0 Å². The molecule has 1 atom stereocenters. The van der Waals surface area contributed by atoms with Crippen LogP contribution in [0.4, 0.5) is 5.69 Å². The van der Waals surface area contributed by atoms with Gasteiger partial charge in [0.1, 0.15) is 5.69 Å². The molecule has 2 rings (SSSR count). The number of nitrogens with two attached hydrogens (primary N) is 1. The third kappa shape index (κ3) is 3.51. The zero-order valence-corrected chi connectivity index (χ0v) is 11.8. The second-order valence-electron chi connectivity index (χ2n) is 5.52. The zero-order valence-electron chi connectivity index (χ0n) is 11.8. The highest BCUT2D eigenvalue weighted by atomic mass is 16.3. The van der Waals surface area contributed by atoms with Crippen LogP contribution in [-0.4, -0.2) is 28.6 Å². The number of fused-ring (bicyclic) bond motifs is 1. The van der Waals surface area contributed by atoms with Gasteiger partial charge in [0.05, 0.1) is 6.10 Å². The van der Waals surface area contributed by atoms with Gasteiger partial charge >= 0.3 is 0 Å². The predicted octanol–water partition coefficient (Wildman–Crippen LogP) is 1.89. The van der Waals surface area contributed by atoms with Gasteiger partial charge in [-0.3, -0.25) is 4.79 Å². The van der Waals surface area contributed by atoms with Crippen LogP contribution in [0.1, 0.15) is 30.8 Å². The summed E-state index contributed by atoms with van der Waals surface area (Å²) in [5.74, 6) is 0.181. The quantitative estimate of drug-likeness (QED) is 0.628. The monoisotopic (exact) mass is 275 g/mol. The van der Waals surface area contributed by atoms with E-state index in [4.69, 9.17) is 5.73 Å². The number of carbonyl (C=O) groups excluding carboxylic acids is 1. The lowest BCUT2D eigenvalue weighted by atomic mass is 10.1. The standard InChI is InChI=1S/C15H21N3O2/c1-9(2)5-12(19)8-17-15(20)14-7-10-6-11(16)3-4-13(10)18-14/h3-4,6-7,9,12,18-19H,5,8,16H2,1-2H3,(H,17,20). The molecule has 0 aliphatic heterocycles. The van der Waals surface area contributed by atoms with E-state index in [0.717, 1.165) is 10.9 Å².